The lowest BCUT2D eigenvalue weighted by Gasteiger charge is -2.17. The van der Waals surface area contributed by atoms with Crippen LogP contribution in [0.4, 0.5) is 0 Å². The van der Waals surface area contributed by atoms with E-state index in [0.29, 0.717) is 5.75 Å². The van der Waals surface area contributed by atoms with Gasteiger partial charge in [-0.2, -0.15) is 0 Å². The SMILES string of the molecule is O=C(Oc1ccc2cc(Br)ccc2c1)C(c1ccccc1)c1ccccc1. The van der Waals surface area contributed by atoms with Crippen molar-refractivity contribution >= 4 is 32.7 Å². The molecule has 4 rings (SSSR count). The van der Waals surface area contributed by atoms with Crippen molar-refractivity contribution in [1.82, 2.24) is 0 Å². The molecule has 4 aromatic carbocycles. The van der Waals surface area contributed by atoms with E-state index in [-0.39, 0.29) is 5.97 Å². The van der Waals surface area contributed by atoms with Gasteiger partial charge in [-0.05, 0) is 46.2 Å². The second-order valence-electron chi connectivity index (χ2n) is 6.33. The Kier molecular flexibility index (Phi) is 5.03. The van der Waals surface area contributed by atoms with E-state index >= 15 is 0 Å². The predicted octanol–water partition coefficient (Wildman–Crippen LogP) is 6.34. The Labute approximate surface area is 166 Å². The van der Waals surface area contributed by atoms with Crippen LogP contribution in [0.1, 0.15) is 17.0 Å². The predicted molar refractivity (Wildman–Crippen MR) is 112 cm³/mol. The zero-order valence-electron chi connectivity index (χ0n) is 14.5. The number of ether oxygens (including phenoxy) is 1. The highest BCUT2D eigenvalue weighted by atomic mass is 79.9. The summed E-state index contributed by atoms with van der Waals surface area (Å²) in [7, 11) is 0. The van der Waals surface area contributed by atoms with Crippen molar-refractivity contribution in [3.63, 3.8) is 0 Å². The van der Waals surface area contributed by atoms with Gasteiger partial charge in [-0.25, -0.2) is 0 Å². The molecule has 0 atom stereocenters. The first-order valence-electron chi connectivity index (χ1n) is 8.71. The number of hydrogen-bond acceptors (Lipinski definition) is 2. The van der Waals surface area contributed by atoms with E-state index in [1.54, 1.807) is 0 Å². The number of carbonyl (C=O) groups excluding carboxylic acids is 1. The Morgan fingerprint density at radius 2 is 1.26 bits per heavy atom. The quantitative estimate of drug-likeness (QED) is 0.286. The molecule has 0 amide bonds. The van der Waals surface area contributed by atoms with Crippen LogP contribution >= 0.6 is 15.9 Å². The molecule has 3 heteroatoms. The molecule has 0 unspecified atom stereocenters. The third kappa shape index (κ3) is 3.93. The molecular weight excluding hydrogens is 400 g/mol. The van der Waals surface area contributed by atoms with Crippen molar-refractivity contribution in [2.24, 2.45) is 0 Å². The number of benzene rings is 4. The van der Waals surface area contributed by atoms with E-state index in [0.717, 1.165) is 26.4 Å². The highest BCUT2D eigenvalue weighted by Crippen LogP contribution is 2.29. The average molecular weight is 417 g/mol. The summed E-state index contributed by atoms with van der Waals surface area (Å²) in [5, 5.41) is 2.12. The van der Waals surface area contributed by atoms with Gasteiger partial charge >= 0.3 is 5.97 Å². The maximum atomic E-state index is 13.1. The molecule has 0 aromatic heterocycles. The maximum Gasteiger partial charge on any atom is 0.323 e. The van der Waals surface area contributed by atoms with Crippen LogP contribution in [0.15, 0.2) is 102 Å². The van der Waals surface area contributed by atoms with Crippen molar-refractivity contribution in [3.8, 4) is 5.75 Å². The van der Waals surface area contributed by atoms with Crippen LogP contribution in [-0.2, 0) is 4.79 Å². The van der Waals surface area contributed by atoms with Gasteiger partial charge in [-0.1, -0.05) is 88.7 Å². The summed E-state index contributed by atoms with van der Waals surface area (Å²) in [6.07, 6.45) is 0. The lowest BCUT2D eigenvalue weighted by molar-refractivity contribution is -0.135. The van der Waals surface area contributed by atoms with Crippen LogP contribution in [0.25, 0.3) is 10.8 Å². The highest BCUT2D eigenvalue weighted by Gasteiger charge is 2.24. The van der Waals surface area contributed by atoms with Crippen LogP contribution in [0.3, 0.4) is 0 Å². The zero-order valence-corrected chi connectivity index (χ0v) is 16.1. The molecule has 0 N–H and O–H groups in total. The summed E-state index contributed by atoms with van der Waals surface area (Å²) in [4.78, 5) is 13.1. The van der Waals surface area contributed by atoms with Gasteiger partial charge in [-0.3, -0.25) is 4.79 Å². The Balaban J connectivity index is 1.67. The minimum Gasteiger partial charge on any atom is -0.426 e. The summed E-state index contributed by atoms with van der Waals surface area (Å²) < 4.78 is 6.79. The maximum absolute atomic E-state index is 13.1. The van der Waals surface area contributed by atoms with Crippen LogP contribution in [0.2, 0.25) is 0 Å². The molecule has 0 fully saturated rings. The highest BCUT2D eigenvalue weighted by molar-refractivity contribution is 9.10. The molecule has 0 spiro atoms. The second kappa shape index (κ2) is 7.77. The molecule has 2 nitrogen and oxygen atoms in total. The Hall–Kier alpha value is -2.91. The van der Waals surface area contributed by atoms with E-state index in [4.69, 9.17) is 4.74 Å². The Morgan fingerprint density at radius 1 is 0.704 bits per heavy atom. The lowest BCUT2D eigenvalue weighted by Crippen LogP contribution is -2.20. The largest absolute Gasteiger partial charge is 0.426 e. The molecule has 0 aliphatic heterocycles. The van der Waals surface area contributed by atoms with Gasteiger partial charge in [0.25, 0.3) is 0 Å². The third-order valence-electron chi connectivity index (χ3n) is 4.49. The minimum absolute atomic E-state index is 0.288. The van der Waals surface area contributed by atoms with Crippen molar-refractivity contribution in [2.45, 2.75) is 5.92 Å². The molecule has 0 aliphatic carbocycles. The second-order valence-corrected chi connectivity index (χ2v) is 7.24. The van der Waals surface area contributed by atoms with Gasteiger partial charge in [0.15, 0.2) is 0 Å². The first-order chi connectivity index (χ1) is 13.2. The van der Waals surface area contributed by atoms with Crippen LogP contribution in [0.5, 0.6) is 5.75 Å². The molecule has 27 heavy (non-hydrogen) atoms. The minimum atomic E-state index is -0.465. The van der Waals surface area contributed by atoms with E-state index in [1.807, 2.05) is 97.1 Å². The summed E-state index contributed by atoms with van der Waals surface area (Å²) in [6, 6.07) is 31.2. The van der Waals surface area contributed by atoms with Crippen LogP contribution < -0.4 is 4.74 Å². The summed E-state index contributed by atoms with van der Waals surface area (Å²) in [6.45, 7) is 0. The summed E-state index contributed by atoms with van der Waals surface area (Å²) >= 11 is 3.48. The van der Waals surface area contributed by atoms with Gasteiger partial charge in [0.05, 0.1) is 0 Å². The Morgan fingerprint density at radius 3 is 1.89 bits per heavy atom. The molecule has 0 aliphatic rings. The molecule has 0 radical (unpaired) electrons. The molecule has 0 saturated carbocycles. The number of fused-ring (bicyclic) bond motifs is 1. The van der Waals surface area contributed by atoms with E-state index in [9.17, 15) is 4.79 Å². The number of carbonyl (C=O) groups is 1. The van der Waals surface area contributed by atoms with Gasteiger partial charge in [0.1, 0.15) is 11.7 Å². The first-order valence-corrected chi connectivity index (χ1v) is 9.51. The molecular formula is C24H17BrO2. The van der Waals surface area contributed by atoms with Gasteiger partial charge in [-0.15, -0.1) is 0 Å². The number of esters is 1. The summed E-state index contributed by atoms with van der Waals surface area (Å²) in [5.41, 5.74) is 1.83. The Bertz CT molecular complexity index is 1040. The number of hydrogen-bond donors (Lipinski definition) is 0. The van der Waals surface area contributed by atoms with Crippen LogP contribution in [0, 0.1) is 0 Å². The topological polar surface area (TPSA) is 26.3 Å². The van der Waals surface area contributed by atoms with Gasteiger partial charge < -0.3 is 4.74 Å². The first kappa shape index (κ1) is 17.5. The van der Waals surface area contributed by atoms with Crippen molar-refractivity contribution < 1.29 is 9.53 Å². The van der Waals surface area contributed by atoms with E-state index in [2.05, 4.69) is 15.9 Å². The van der Waals surface area contributed by atoms with Gasteiger partial charge in [0, 0.05) is 4.47 Å². The molecule has 0 saturated heterocycles. The fourth-order valence-electron chi connectivity index (χ4n) is 3.19. The molecule has 0 heterocycles. The fourth-order valence-corrected chi connectivity index (χ4v) is 3.57. The third-order valence-corrected chi connectivity index (χ3v) is 4.99. The summed E-state index contributed by atoms with van der Waals surface area (Å²) in [5.74, 6) is -0.205. The monoisotopic (exact) mass is 416 g/mol. The normalized spacial score (nSPS) is 10.9. The fraction of sp³-hybridized carbons (Fsp3) is 0.0417. The standard InChI is InChI=1S/C24H17BrO2/c25-21-13-11-20-16-22(14-12-19(20)15-21)27-24(26)23(17-7-3-1-4-8-17)18-9-5-2-6-10-18/h1-16,23H. The zero-order chi connectivity index (χ0) is 18.6. The van der Waals surface area contributed by atoms with Crippen molar-refractivity contribution in [2.75, 3.05) is 0 Å². The van der Waals surface area contributed by atoms with Crippen LogP contribution in [-0.4, -0.2) is 5.97 Å². The lowest BCUT2D eigenvalue weighted by atomic mass is 9.91. The molecule has 4 aromatic rings. The number of halogens is 1. The van der Waals surface area contributed by atoms with Crippen molar-refractivity contribution in [1.29, 1.82) is 0 Å². The number of rotatable bonds is 4. The van der Waals surface area contributed by atoms with Crippen molar-refractivity contribution in [3.05, 3.63) is 113 Å². The van der Waals surface area contributed by atoms with E-state index in [1.165, 1.54) is 0 Å². The molecule has 132 valence electrons. The smallest absolute Gasteiger partial charge is 0.323 e. The molecule has 0 bridgehead atoms. The average Bonchev–Trinajstić information content (AvgIpc) is 2.70. The van der Waals surface area contributed by atoms with E-state index < -0.39 is 5.92 Å². The van der Waals surface area contributed by atoms with Gasteiger partial charge in [0.2, 0.25) is 0 Å².